The quantitative estimate of drug-likeness (QED) is 0.739. The lowest BCUT2D eigenvalue weighted by Gasteiger charge is -2.02. The number of carbonyl (C=O) groups is 1. The lowest BCUT2D eigenvalue weighted by molar-refractivity contribution is -0.139. The summed E-state index contributed by atoms with van der Waals surface area (Å²) in [5.41, 5.74) is 0.444. The summed E-state index contributed by atoms with van der Waals surface area (Å²) in [4.78, 5) is 14.2. The van der Waals surface area contributed by atoms with Gasteiger partial charge in [-0.25, -0.2) is 4.98 Å². The number of rotatable bonds is 3. The molecule has 0 saturated carbocycles. The molecule has 1 heterocycles. The summed E-state index contributed by atoms with van der Waals surface area (Å²) in [7, 11) is 0. The van der Waals surface area contributed by atoms with Crippen LogP contribution in [0.3, 0.4) is 0 Å². The van der Waals surface area contributed by atoms with Crippen molar-refractivity contribution in [3.8, 4) is 0 Å². The zero-order valence-corrected chi connectivity index (χ0v) is 7.34. The Morgan fingerprint density at radius 1 is 1.83 bits per heavy atom. The summed E-state index contributed by atoms with van der Waals surface area (Å²) in [6.07, 6.45) is -1.27. The summed E-state index contributed by atoms with van der Waals surface area (Å²) in [5, 5.41) is 20.1. The Balaban J connectivity index is 2.64. The highest BCUT2D eigenvalue weighted by atomic mass is 32.1. The molecule has 1 unspecified atom stereocenters. The van der Waals surface area contributed by atoms with Gasteiger partial charge in [-0.15, -0.1) is 11.3 Å². The van der Waals surface area contributed by atoms with Gasteiger partial charge in [0.1, 0.15) is 6.10 Å². The second-order valence-electron chi connectivity index (χ2n) is 2.41. The Morgan fingerprint density at radius 3 is 2.92 bits per heavy atom. The maximum atomic E-state index is 10.2. The molecule has 0 radical (unpaired) electrons. The molecule has 0 aliphatic heterocycles. The Hall–Kier alpha value is -0.940. The zero-order valence-electron chi connectivity index (χ0n) is 6.52. The zero-order chi connectivity index (χ0) is 9.14. The molecular weight excluding hydrogens is 178 g/mol. The number of aromatic nitrogens is 1. The first-order chi connectivity index (χ1) is 5.59. The second kappa shape index (κ2) is 3.64. The van der Waals surface area contributed by atoms with Gasteiger partial charge in [0, 0.05) is 5.38 Å². The molecule has 0 saturated heterocycles. The average Bonchev–Trinajstić information content (AvgIpc) is 2.34. The van der Waals surface area contributed by atoms with Crippen molar-refractivity contribution in [2.45, 2.75) is 19.4 Å². The molecule has 1 atom stereocenters. The molecule has 4 nitrogen and oxygen atoms in total. The molecule has 0 aliphatic carbocycles. The maximum absolute atomic E-state index is 10.2. The van der Waals surface area contributed by atoms with E-state index in [-0.39, 0.29) is 6.42 Å². The fourth-order valence-corrected chi connectivity index (χ4v) is 1.46. The molecule has 66 valence electrons. The molecule has 0 bridgehead atoms. The summed E-state index contributed by atoms with van der Waals surface area (Å²) >= 11 is 1.40. The monoisotopic (exact) mass is 187 g/mol. The van der Waals surface area contributed by atoms with Gasteiger partial charge >= 0.3 is 5.97 Å². The van der Waals surface area contributed by atoms with Gasteiger partial charge in [-0.1, -0.05) is 0 Å². The number of thiazole rings is 1. The predicted octanol–water partition coefficient (Wildman–Crippen LogP) is 0.960. The highest BCUT2D eigenvalue weighted by molar-refractivity contribution is 7.09. The lowest BCUT2D eigenvalue weighted by Crippen LogP contribution is -2.05. The SMILES string of the molecule is Cc1nc(C(O)CC(=O)O)cs1. The number of carboxylic acids is 1. The molecule has 1 aromatic rings. The number of aliphatic carboxylic acids is 1. The van der Waals surface area contributed by atoms with Crippen molar-refractivity contribution in [1.29, 1.82) is 0 Å². The average molecular weight is 187 g/mol. The number of hydrogen-bond donors (Lipinski definition) is 2. The first kappa shape index (κ1) is 9.15. The van der Waals surface area contributed by atoms with E-state index in [4.69, 9.17) is 5.11 Å². The van der Waals surface area contributed by atoms with Crippen molar-refractivity contribution in [3.05, 3.63) is 16.1 Å². The van der Waals surface area contributed by atoms with E-state index < -0.39 is 12.1 Å². The van der Waals surface area contributed by atoms with E-state index in [0.717, 1.165) is 5.01 Å². The fourth-order valence-electron chi connectivity index (χ4n) is 0.803. The van der Waals surface area contributed by atoms with E-state index in [1.807, 2.05) is 6.92 Å². The van der Waals surface area contributed by atoms with Crippen LogP contribution in [0, 0.1) is 6.92 Å². The summed E-state index contributed by atoms with van der Waals surface area (Å²) in [6, 6.07) is 0. The molecule has 0 aromatic carbocycles. The molecule has 5 heteroatoms. The van der Waals surface area contributed by atoms with E-state index in [1.165, 1.54) is 11.3 Å². The van der Waals surface area contributed by atoms with Crippen LogP contribution >= 0.6 is 11.3 Å². The standard InChI is InChI=1S/C7H9NO3S/c1-4-8-5(3-12-4)6(9)2-7(10)11/h3,6,9H,2H2,1H3,(H,10,11). The van der Waals surface area contributed by atoms with Crippen LogP contribution in [0.15, 0.2) is 5.38 Å². The molecule has 0 fully saturated rings. The van der Waals surface area contributed by atoms with Crippen molar-refractivity contribution in [1.82, 2.24) is 4.98 Å². The number of aryl methyl sites for hydroxylation is 1. The van der Waals surface area contributed by atoms with Gasteiger partial charge < -0.3 is 10.2 Å². The highest BCUT2D eigenvalue weighted by Crippen LogP contribution is 2.18. The minimum Gasteiger partial charge on any atom is -0.481 e. The minimum atomic E-state index is -1.02. The van der Waals surface area contributed by atoms with Gasteiger partial charge in [0.15, 0.2) is 0 Å². The van der Waals surface area contributed by atoms with Crippen LogP contribution in [-0.2, 0) is 4.79 Å². The van der Waals surface area contributed by atoms with Crippen LogP contribution in [-0.4, -0.2) is 21.2 Å². The second-order valence-corrected chi connectivity index (χ2v) is 3.47. The number of hydrogen-bond acceptors (Lipinski definition) is 4. The van der Waals surface area contributed by atoms with Gasteiger partial charge in [-0.05, 0) is 6.92 Å². The lowest BCUT2D eigenvalue weighted by atomic mass is 10.2. The van der Waals surface area contributed by atoms with E-state index in [2.05, 4.69) is 4.98 Å². The van der Waals surface area contributed by atoms with Crippen molar-refractivity contribution in [3.63, 3.8) is 0 Å². The first-order valence-corrected chi connectivity index (χ1v) is 4.29. The number of nitrogens with zero attached hydrogens (tertiary/aromatic N) is 1. The Kier molecular flexibility index (Phi) is 2.78. The van der Waals surface area contributed by atoms with Crippen molar-refractivity contribution in [2.24, 2.45) is 0 Å². The number of aliphatic hydroxyl groups is 1. The molecule has 0 spiro atoms. The van der Waals surface area contributed by atoms with Crippen LogP contribution in [0.25, 0.3) is 0 Å². The van der Waals surface area contributed by atoms with Crippen molar-refractivity contribution >= 4 is 17.3 Å². The molecule has 2 N–H and O–H groups in total. The van der Waals surface area contributed by atoms with Gasteiger partial charge in [0.05, 0.1) is 17.1 Å². The van der Waals surface area contributed by atoms with E-state index >= 15 is 0 Å². The van der Waals surface area contributed by atoms with Gasteiger partial charge in [0.2, 0.25) is 0 Å². The summed E-state index contributed by atoms with van der Waals surface area (Å²) in [5.74, 6) is -1.02. The Labute approximate surface area is 73.5 Å². The smallest absolute Gasteiger partial charge is 0.306 e. The van der Waals surface area contributed by atoms with E-state index in [1.54, 1.807) is 5.38 Å². The molecular formula is C7H9NO3S. The highest BCUT2D eigenvalue weighted by Gasteiger charge is 2.14. The third-order valence-electron chi connectivity index (χ3n) is 1.35. The largest absolute Gasteiger partial charge is 0.481 e. The van der Waals surface area contributed by atoms with Crippen LogP contribution in [0.2, 0.25) is 0 Å². The van der Waals surface area contributed by atoms with E-state index in [9.17, 15) is 9.90 Å². The molecule has 1 aromatic heterocycles. The summed E-state index contributed by atoms with van der Waals surface area (Å²) in [6.45, 7) is 1.81. The molecule has 0 amide bonds. The predicted molar refractivity (Wildman–Crippen MR) is 44.1 cm³/mol. The number of carboxylic acid groups (broad SMARTS) is 1. The third kappa shape index (κ3) is 2.28. The molecule has 12 heavy (non-hydrogen) atoms. The molecule has 0 aliphatic rings. The molecule has 1 rings (SSSR count). The van der Waals surface area contributed by atoms with Crippen LogP contribution in [0.4, 0.5) is 0 Å². The maximum Gasteiger partial charge on any atom is 0.306 e. The van der Waals surface area contributed by atoms with Crippen LogP contribution in [0.5, 0.6) is 0 Å². The third-order valence-corrected chi connectivity index (χ3v) is 2.14. The van der Waals surface area contributed by atoms with Crippen LogP contribution in [0.1, 0.15) is 23.2 Å². The normalized spacial score (nSPS) is 12.8. The van der Waals surface area contributed by atoms with E-state index in [0.29, 0.717) is 5.69 Å². The van der Waals surface area contributed by atoms with Gasteiger partial charge in [-0.2, -0.15) is 0 Å². The van der Waals surface area contributed by atoms with Crippen LogP contribution < -0.4 is 0 Å². The van der Waals surface area contributed by atoms with Crippen molar-refractivity contribution in [2.75, 3.05) is 0 Å². The van der Waals surface area contributed by atoms with Gasteiger partial charge in [-0.3, -0.25) is 4.79 Å². The van der Waals surface area contributed by atoms with Crippen molar-refractivity contribution < 1.29 is 15.0 Å². The minimum absolute atomic E-state index is 0.289. The summed E-state index contributed by atoms with van der Waals surface area (Å²) < 4.78 is 0. The Bertz CT molecular complexity index is 284. The topological polar surface area (TPSA) is 70.4 Å². The fraction of sp³-hybridized carbons (Fsp3) is 0.429. The van der Waals surface area contributed by atoms with Gasteiger partial charge in [0.25, 0.3) is 0 Å². The Morgan fingerprint density at radius 2 is 2.50 bits per heavy atom. The first-order valence-electron chi connectivity index (χ1n) is 3.41. The number of aliphatic hydroxyl groups excluding tert-OH is 1.